The molecule has 13 N–H and O–H groups in total. The van der Waals surface area contributed by atoms with Crippen LogP contribution in [0.25, 0.3) is 0 Å². The Hall–Kier alpha value is -7.47. The number of nitrogens with zero attached hydrogens (tertiary/aromatic N) is 2. The van der Waals surface area contributed by atoms with E-state index in [0.29, 0.717) is 29.7 Å². The molecule has 87 heavy (non-hydrogen) atoms. The summed E-state index contributed by atoms with van der Waals surface area (Å²) in [4.78, 5) is 162. The fourth-order valence-corrected chi connectivity index (χ4v) is 11.2. The Morgan fingerprint density at radius 3 is 1.22 bits per heavy atom. The predicted molar refractivity (Wildman–Crippen MR) is 329 cm³/mol. The molecular weight excluding hydrogens is 1110 g/mol. The zero-order valence-electron chi connectivity index (χ0n) is 52.3. The first-order valence-corrected chi connectivity index (χ1v) is 31.2. The van der Waals surface area contributed by atoms with Crippen molar-refractivity contribution in [2.75, 3.05) is 31.5 Å². The lowest BCUT2D eigenvalue weighted by atomic mass is 9.98. The first-order chi connectivity index (χ1) is 41.3. The monoisotopic (exact) mass is 1210 g/mol. The average Bonchev–Trinajstić information content (AvgIpc) is 4.09. The SMILES string of the molecule is CCC(=O)Nc1ccc(C[C@@H]2NC(=O)[C@H](CC(C)C)NC(=O)[C@H](CCCN)NC(=O)[C@H](C(C)C)NC(=O)[C@@H]3CCCN3C(=O)[C@H](Cc3ccccc3)NC(=O)[C@H](CC(C)C)NC(=O)[C@H](CCCN)NC(=O)[C@H](C(C)C)NC(=O)[C@@H]3CCCN3C2=O)cc1. The van der Waals surface area contributed by atoms with Crippen molar-refractivity contribution in [2.45, 2.75) is 206 Å². The van der Waals surface area contributed by atoms with E-state index in [1.54, 1.807) is 83.1 Å². The smallest absolute Gasteiger partial charge is 0.246 e. The van der Waals surface area contributed by atoms with Gasteiger partial charge in [0.05, 0.1) is 0 Å². The van der Waals surface area contributed by atoms with Crippen LogP contribution >= 0.6 is 0 Å². The molecule has 0 unspecified atom stereocenters. The summed E-state index contributed by atoms with van der Waals surface area (Å²) in [7, 11) is 0. The molecule has 3 aliphatic heterocycles. The second-order valence-electron chi connectivity index (χ2n) is 24.8. The van der Waals surface area contributed by atoms with Crippen LogP contribution in [0.4, 0.5) is 5.69 Å². The lowest BCUT2D eigenvalue weighted by Crippen LogP contribution is -2.62. The lowest BCUT2D eigenvalue weighted by Gasteiger charge is -2.33. The highest BCUT2D eigenvalue weighted by atomic mass is 16.2. The topological polar surface area (TPSA) is 355 Å². The Labute approximate surface area is 512 Å². The summed E-state index contributed by atoms with van der Waals surface area (Å²) in [5.74, 6) is -8.35. The van der Waals surface area contributed by atoms with Crippen LogP contribution < -0.4 is 59.3 Å². The van der Waals surface area contributed by atoms with Crippen LogP contribution in [0.5, 0.6) is 0 Å². The number of nitrogens with two attached hydrogens (primary N) is 2. The number of hydrogen-bond donors (Lipinski definition) is 11. The van der Waals surface area contributed by atoms with Gasteiger partial charge in [0.2, 0.25) is 65.0 Å². The van der Waals surface area contributed by atoms with Gasteiger partial charge in [0.1, 0.15) is 60.4 Å². The van der Waals surface area contributed by atoms with E-state index in [9.17, 15) is 47.9 Å². The number of fused-ring (bicyclic) bond motifs is 2. The highest BCUT2D eigenvalue weighted by molar-refractivity contribution is 6.00. The van der Waals surface area contributed by atoms with Gasteiger partial charge in [0.25, 0.3) is 0 Å². The Balaban J connectivity index is 1.60. The normalized spacial score (nSPS) is 25.6. The van der Waals surface area contributed by atoms with E-state index in [2.05, 4.69) is 47.9 Å². The van der Waals surface area contributed by atoms with Crippen LogP contribution in [0.15, 0.2) is 54.6 Å². The molecule has 0 aromatic heterocycles. The molecular formula is C63H97N13O11. The molecule has 10 atom stereocenters. The number of nitrogens with one attached hydrogen (secondary N) is 9. The maximum absolute atomic E-state index is 15.1. The van der Waals surface area contributed by atoms with Gasteiger partial charge in [-0.25, -0.2) is 0 Å². The van der Waals surface area contributed by atoms with Crippen LogP contribution in [0.2, 0.25) is 0 Å². The number of anilines is 1. The van der Waals surface area contributed by atoms with E-state index in [0.717, 1.165) is 0 Å². The van der Waals surface area contributed by atoms with Crippen LogP contribution in [-0.2, 0) is 65.6 Å². The van der Waals surface area contributed by atoms with E-state index < -0.39 is 131 Å². The number of hydrogen-bond acceptors (Lipinski definition) is 13. The number of benzene rings is 2. The quantitative estimate of drug-likeness (QED) is 0.101. The van der Waals surface area contributed by atoms with Gasteiger partial charge in [0.15, 0.2) is 0 Å². The van der Waals surface area contributed by atoms with Gasteiger partial charge < -0.3 is 69.1 Å². The number of carbonyl (C=O) groups excluding carboxylic acids is 11. The second kappa shape index (κ2) is 34.2. The molecule has 3 aliphatic rings. The molecule has 11 amide bonds. The minimum atomic E-state index is -1.31. The Bertz CT molecular complexity index is 2690. The van der Waals surface area contributed by atoms with Gasteiger partial charge >= 0.3 is 0 Å². The Morgan fingerprint density at radius 1 is 0.483 bits per heavy atom. The fraction of sp³-hybridized carbons (Fsp3) is 0.635. The van der Waals surface area contributed by atoms with Crippen LogP contribution in [0.1, 0.15) is 144 Å². The third-order valence-corrected chi connectivity index (χ3v) is 16.0. The molecule has 3 saturated heterocycles. The van der Waals surface area contributed by atoms with Crippen molar-refractivity contribution < 1.29 is 52.7 Å². The summed E-state index contributed by atoms with van der Waals surface area (Å²) < 4.78 is 0. The maximum atomic E-state index is 15.1. The molecule has 2 aromatic rings. The van der Waals surface area contributed by atoms with Crippen molar-refractivity contribution in [1.82, 2.24) is 52.3 Å². The summed E-state index contributed by atoms with van der Waals surface area (Å²) in [5, 5.41) is 25.6. The summed E-state index contributed by atoms with van der Waals surface area (Å²) >= 11 is 0. The van der Waals surface area contributed by atoms with Gasteiger partial charge in [-0.3, -0.25) is 52.7 Å². The third-order valence-electron chi connectivity index (χ3n) is 16.0. The van der Waals surface area contributed by atoms with Crippen molar-refractivity contribution in [2.24, 2.45) is 35.1 Å². The lowest BCUT2D eigenvalue weighted by molar-refractivity contribution is -0.143. The van der Waals surface area contributed by atoms with Crippen molar-refractivity contribution in [3.05, 3.63) is 65.7 Å². The zero-order chi connectivity index (χ0) is 64.1. The summed E-state index contributed by atoms with van der Waals surface area (Å²) in [6.07, 6.45) is 2.32. The molecule has 480 valence electrons. The summed E-state index contributed by atoms with van der Waals surface area (Å²) in [5.41, 5.74) is 13.7. The number of amides is 11. The molecule has 3 heterocycles. The standard InChI is InChI=1S/C63H97N13O11/c1-10-51(77)66-42-26-24-41(25-27-42)35-48-63(87)76-31-17-23-50(76)59(83)74-53(39(8)9)61(85)67-43(20-14-28-64)54(78)69-45(32-36(2)3)56(80)71-47(34-40-18-12-11-13-19-40)62(86)75-30-16-22-49(75)58(82)73-52(38(6)7)60(84)68-44(21-15-29-65)55(79)70-46(33-37(4)5)57(81)72-48/h11-13,18-19,24-27,36-39,43-50,52-53H,10,14-17,20-23,28-35,64-65H2,1-9H3,(H,66,77)(H,67,85)(H,68,84)(H,69,78)(H,70,79)(H,71,80)(H,72,81)(H,73,82)(H,74,83)/t43-,44-,45-,46-,47-,48-,49-,50-,52-,53-/m0/s1. The second-order valence-corrected chi connectivity index (χ2v) is 24.8. The first kappa shape index (κ1) is 70.3. The minimum Gasteiger partial charge on any atom is -0.343 e. The molecule has 5 rings (SSSR count). The Kier molecular flexibility index (Phi) is 27.6. The molecule has 0 radical (unpaired) electrons. The van der Waals surface area contributed by atoms with Gasteiger partial charge in [-0.15, -0.1) is 0 Å². The molecule has 0 aliphatic carbocycles. The maximum Gasteiger partial charge on any atom is 0.246 e. The van der Waals surface area contributed by atoms with Crippen molar-refractivity contribution >= 4 is 70.7 Å². The van der Waals surface area contributed by atoms with Crippen LogP contribution in [0, 0.1) is 23.7 Å². The number of rotatable bonds is 18. The molecule has 0 bridgehead atoms. The van der Waals surface area contributed by atoms with Crippen LogP contribution in [0.3, 0.4) is 0 Å². The highest BCUT2D eigenvalue weighted by Crippen LogP contribution is 2.24. The molecule has 2 aromatic carbocycles. The van der Waals surface area contributed by atoms with E-state index in [1.807, 2.05) is 33.8 Å². The summed E-state index contributed by atoms with van der Waals surface area (Å²) in [6.45, 7) is 16.6. The van der Waals surface area contributed by atoms with Crippen LogP contribution in [-0.4, -0.2) is 161 Å². The predicted octanol–water partition coefficient (Wildman–Crippen LogP) is 1.58. The molecule has 0 saturated carbocycles. The van der Waals surface area contributed by atoms with Crippen molar-refractivity contribution in [3.8, 4) is 0 Å². The van der Waals surface area contributed by atoms with E-state index in [1.165, 1.54) is 9.80 Å². The third kappa shape index (κ3) is 20.8. The average molecular weight is 1210 g/mol. The van der Waals surface area contributed by atoms with Crippen molar-refractivity contribution in [3.63, 3.8) is 0 Å². The molecule has 0 spiro atoms. The Morgan fingerprint density at radius 2 is 0.851 bits per heavy atom. The van der Waals surface area contributed by atoms with Crippen molar-refractivity contribution in [1.29, 1.82) is 0 Å². The molecule has 24 nitrogen and oxygen atoms in total. The van der Waals surface area contributed by atoms with E-state index in [-0.39, 0.29) is 115 Å². The molecule has 24 heteroatoms. The van der Waals surface area contributed by atoms with E-state index in [4.69, 9.17) is 11.5 Å². The zero-order valence-corrected chi connectivity index (χ0v) is 52.3. The highest BCUT2D eigenvalue weighted by Gasteiger charge is 2.43. The fourth-order valence-electron chi connectivity index (χ4n) is 11.2. The van der Waals surface area contributed by atoms with Gasteiger partial charge in [-0.1, -0.05) is 105 Å². The first-order valence-electron chi connectivity index (χ1n) is 31.2. The van der Waals surface area contributed by atoms with E-state index >= 15 is 4.79 Å². The number of carbonyl (C=O) groups is 11. The largest absolute Gasteiger partial charge is 0.343 e. The molecule has 3 fully saturated rings. The minimum absolute atomic E-state index is 0.0168. The van der Waals surface area contributed by atoms with Gasteiger partial charge in [-0.2, -0.15) is 0 Å². The van der Waals surface area contributed by atoms with Gasteiger partial charge in [0, 0.05) is 38.0 Å². The van der Waals surface area contributed by atoms with Gasteiger partial charge in [-0.05, 0) is 124 Å². The summed E-state index contributed by atoms with van der Waals surface area (Å²) in [6, 6.07) is 3.61.